The molecule has 1 amide bonds. The van der Waals surface area contributed by atoms with E-state index in [1.54, 1.807) is 36.3 Å². The minimum absolute atomic E-state index is 0.0419. The Morgan fingerprint density at radius 1 is 1.10 bits per heavy atom. The molecular formula is C24H21ClFN3O. The molecule has 2 aromatic heterocycles. The van der Waals surface area contributed by atoms with Gasteiger partial charge in [0, 0.05) is 42.8 Å². The molecule has 1 N–H and O–H groups in total. The van der Waals surface area contributed by atoms with Crippen LogP contribution in [0.15, 0.2) is 66.9 Å². The molecule has 4 nitrogen and oxygen atoms in total. The Morgan fingerprint density at radius 3 is 2.60 bits per heavy atom. The second-order valence-electron chi connectivity index (χ2n) is 7.27. The molecule has 0 saturated heterocycles. The normalized spacial score (nSPS) is 11.0. The number of H-pyrrole nitrogens is 1. The molecule has 0 aliphatic rings. The fourth-order valence-corrected chi connectivity index (χ4v) is 3.72. The van der Waals surface area contributed by atoms with Gasteiger partial charge >= 0.3 is 0 Å². The van der Waals surface area contributed by atoms with Crippen LogP contribution >= 0.6 is 11.6 Å². The minimum Gasteiger partial charge on any atom is -0.354 e. The van der Waals surface area contributed by atoms with Crippen molar-refractivity contribution in [2.24, 2.45) is 0 Å². The number of aryl methyl sites for hydroxylation is 1. The molecule has 0 saturated carbocycles. The van der Waals surface area contributed by atoms with Crippen LogP contribution in [0.3, 0.4) is 0 Å². The van der Waals surface area contributed by atoms with Gasteiger partial charge in [0.15, 0.2) is 0 Å². The number of aromatic amines is 1. The summed E-state index contributed by atoms with van der Waals surface area (Å²) in [6.07, 6.45) is 2.63. The molecule has 0 unspecified atom stereocenters. The molecule has 4 aromatic rings. The Hall–Kier alpha value is -3.18. The SMILES string of the molecule is CN(Cc1ccc(Cl)nc1)C(=O)CCc1c(-c2ccc(F)cc2)[nH]c2ccccc12. The number of rotatable bonds is 6. The highest BCUT2D eigenvalue weighted by Crippen LogP contribution is 2.31. The van der Waals surface area contributed by atoms with E-state index < -0.39 is 0 Å². The number of para-hydroxylation sites is 1. The number of pyridine rings is 1. The molecule has 0 aliphatic heterocycles. The van der Waals surface area contributed by atoms with Gasteiger partial charge in [-0.05, 0) is 59.5 Å². The highest BCUT2D eigenvalue weighted by molar-refractivity contribution is 6.29. The molecule has 152 valence electrons. The summed E-state index contributed by atoms with van der Waals surface area (Å²) in [7, 11) is 1.78. The maximum Gasteiger partial charge on any atom is 0.222 e. The minimum atomic E-state index is -0.273. The predicted octanol–water partition coefficient (Wildman–Crippen LogP) is 5.61. The van der Waals surface area contributed by atoms with E-state index >= 15 is 0 Å². The Kier molecular flexibility index (Phi) is 5.81. The van der Waals surface area contributed by atoms with E-state index in [0.29, 0.717) is 24.5 Å². The van der Waals surface area contributed by atoms with Crippen LogP contribution in [0.1, 0.15) is 17.5 Å². The van der Waals surface area contributed by atoms with Crippen molar-refractivity contribution in [3.05, 3.63) is 89.0 Å². The summed E-state index contributed by atoms with van der Waals surface area (Å²) in [6.45, 7) is 0.474. The first kappa shape index (κ1) is 20.1. The zero-order valence-electron chi connectivity index (χ0n) is 16.5. The van der Waals surface area contributed by atoms with E-state index in [2.05, 4.69) is 9.97 Å². The van der Waals surface area contributed by atoms with Crippen LogP contribution in [0.4, 0.5) is 4.39 Å². The molecule has 2 heterocycles. The van der Waals surface area contributed by atoms with Crippen LogP contribution in [0, 0.1) is 5.82 Å². The van der Waals surface area contributed by atoms with Crippen molar-refractivity contribution >= 4 is 28.4 Å². The molecule has 0 fully saturated rings. The van der Waals surface area contributed by atoms with Gasteiger partial charge in [-0.3, -0.25) is 4.79 Å². The number of fused-ring (bicyclic) bond motifs is 1. The second kappa shape index (κ2) is 8.67. The fourth-order valence-electron chi connectivity index (χ4n) is 3.61. The summed E-state index contributed by atoms with van der Waals surface area (Å²) in [4.78, 5) is 21.9. The van der Waals surface area contributed by atoms with E-state index in [-0.39, 0.29) is 11.7 Å². The average Bonchev–Trinajstić information content (AvgIpc) is 3.12. The topological polar surface area (TPSA) is 49.0 Å². The van der Waals surface area contributed by atoms with Crippen molar-refractivity contribution < 1.29 is 9.18 Å². The number of nitrogens with zero attached hydrogens (tertiary/aromatic N) is 2. The van der Waals surface area contributed by atoms with Gasteiger partial charge in [0.25, 0.3) is 0 Å². The van der Waals surface area contributed by atoms with Crippen molar-refractivity contribution in [2.75, 3.05) is 7.05 Å². The van der Waals surface area contributed by atoms with Crippen LogP contribution in [-0.2, 0) is 17.8 Å². The Morgan fingerprint density at radius 2 is 1.87 bits per heavy atom. The van der Waals surface area contributed by atoms with Crippen LogP contribution in [0.5, 0.6) is 0 Å². The Bertz CT molecular complexity index is 1170. The first-order valence-electron chi connectivity index (χ1n) is 9.71. The van der Waals surface area contributed by atoms with Gasteiger partial charge in [0.1, 0.15) is 11.0 Å². The summed E-state index contributed by atoms with van der Waals surface area (Å²) in [6, 6.07) is 18.0. The lowest BCUT2D eigenvalue weighted by Gasteiger charge is -2.17. The van der Waals surface area contributed by atoms with Crippen LogP contribution in [-0.4, -0.2) is 27.8 Å². The lowest BCUT2D eigenvalue weighted by Crippen LogP contribution is -2.26. The highest BCUT2D eigenvalue weighted by atomic mass is 35.5. The molecule has 4 rings (SSSR count). The number of carbonyl (C=O) groups is 1. The molecule has 2 aromatic carbocycles. The van der Waals surface area contributed by atoms with Crippen molar-refractivity contribution in [2.45, 2.75) is 19.4 Å². The molecule has 0 bridgehead atoms. The van der Waals surface area contributed by atoms with Gasteiger partial charge in [-0.25, -0.2) is 9.37 Å². The largest absolute Gasteiger partial charge is 0.354 e. The number of carbonyl (C=O) groups excluding carboxylic acids is 1. The Labute approximate surface area is 179 Å². The van der Waals surface area contributed by atoms with Gasteiger partial charge < -0.3 is 9.88 Å². The van der Waals surface area contributed by atoms with Crippen molar-refractivity contribution in [3.8, 4) is 11.3 Å². The quantitative estimate of drug-likeness (QED) is 0.411. The van der Waals surface area contributed by atoms with E-state index in [9.17, 15) is 9.18 Å². The fraction of sp³-hybridized carbons (Fsp3) is 0.167. The number of halogens is 2. The van der Waals surface area contributed by atoms with Gasteiger partial charge in [0.05, 0.1) is 0 Å². The van der Waals surface area contributed by atoms with Crippen LogP contribution in [0.2, 0.25) is 5.15 Å². The van der Waals surface area contributed by atoms with Gasteiger partial charge in [-0.2, -0.15) is 0 Å². The zero-order valence-corrected chi connectivity index (χ0v) is 17.3. The standard InChI is InChI=1S/C24H21ClFN3O/c1-29(15-16-6-12-22(25)27-14-16)23(30)13-11-20-19-4-2-3-5-21(19)28-24(20)17-7-9-18(26)10-8-17/h2-10,12,14,28H,11,13,15H2,1H3. The smallest absolute Gasteiger partial charge is 0.222 e. The van der Waals surface area contributed by atoms with Gasteiger partial charge in [-0.1, -0.05) is 35.9 Å². The van der Waals surface area contributed by atoms with E-state index in [1.807, 2.05) is 30.3 Å². The number of hydrogen-bond donors (Lipinski definition) is 1. The summed E-state index contributed by atoms with van der Waals surface area (Å²) < 4.78 is 13.4. The third-order valence-corrected chi connectivity index (χ3v) is 5.39. The number of benzene rings is 2. The third kappa shape index (κ3) is 4.36. The van der Waals surface area contributed by atoms with Crippen molar-refractivity contribution in [1.29, 1.82) is 0 Å². The summed E-state index contributed by atoms with van der Waals surface area (Å²) in [5.41, 5.74) is 4.81. The van der Waals surface area contributed by atoms with E-state index in [1.165, 1.54) is 12.1 Å². The highest BCUT2D eigenvalue weighted by Gasteiger charge is 2.16. The molecule has 0 radical (unpaired) electrons. The van der Waals surface area contributed by atoms with Crippen molar-refractivity contribution in [3.63, 3.8) is 0 Å². The lowest BCUT2D eigenvalue weighted by atomic mass is 10.0. The maximum atomic E-state index is 13.4. The summed E-state index contributed by atoms with van der Waals surface area (Å²) in [5.74, 6) is -0.231. The first-order chi connectivity index (χ1) is 14.5. The van der Waals surface area contributed by atoms with Gasteiger partial charge in [0.2, 0.25) is 5.91 Å². The molecular weight excluding hydrogens is 401 g/mol. The van der Waals surface area contributed by atoms with Gasteiger partial charge in [-0.15, -0.1) is 0 Å². The third-order valence-electron chi connectivity index (χ3n) is 5.17. The Balaban J connectivity index is 1.54. The van der Waals surface area contributed by atoms with E-state index in [4.69, 9.17) is 11.6 Å². The molecule has 30 heavy (non-hydrogen) atoms. The van der Waals surface area contributed by atoms with Crippen molar-refractivity contribution in [1.82, 2.24) is 14.9 Å². The van der Waals surface area contributed by atoms with Crippen LogP contribution < -0.4 is 0 Å². The lowest BCUT2D eigenvalue weighted by molar-refractivity contribution is -0.130. The average molecular weight is 422 g/mol. The van der Waals surface area contributed by atoms with Crippen LogP contribution in [0.25, 0.3) is 22.2 Å². The zero-order chi connectivity index (χ0) is 21.1. The predicted molar refractivity (Wildman–Crippen MR) is 118 cm³/mol. The number of amides is 1. The molecule has 0 atom stereocenters. The monoisotopic (exact) mass is 421 g/mol. The number of aromatic nitrogens is 2. The summed E-state index contributed by atoms with van der Waals surface area (Å²) >= 11 is 5.82. The maximum absolute atomic E-state index is 13.4. The molecule has 6 heteroatoms. The number of nitrogens with one attached hydrogen (secondary N) is 1. The second-order valence-corrected chi connectivity index (χ2v) is 7.66. The first-order valence-corrected chi connectivity index (χ1v) is 10.1. The number of hydrogen-bond acceptors (Lipinski definition) is 2. The summed E-state index contributed by atoms with van der Waals surface area (Å²) in [5, 5.41) is 1.51. The molecule has 0 aliphatic carbocycles. The molecule has 0 spiro atoms. The van der Waals surface area contributed by atoms with E-state index in [0.717, 1.165) is 33.3 Å².